The molecule has 2 atom stereocenters. The van der Waals surface area contributed by atoms with E-state index in [-0.39, 0.29) is 12.5 Å². The first kappa shape index (κ1) is 20.3. The van der Waals surface area contributed by atoms with Gasteiger partial charge in [-0.05, 0) is 41.5 Å². The third kappa shape index (κ3) is 3.63. The molecule has 0 aliphatic carbocycles. The Kier molecular flexibility index (Phi) is 5.37. The molecular formula is C26H24N2O4. The van der Waals surface area contributed by atoms with E-state index < -0.39 is 11.6 Å². The molecule has 0 fully saturated rings. The van der Waals surface area contributed by atoms with Crippen LogP contribution in [0.3, 0.4) is 0 Å². The van der Waals surface area contributed by atoms with Crippen LogP contribution in [0.2, 0.25) is 0 Å². The zero-order valence-corrected chi connectivity index (χ0v) is 17.5. The van der Waals surface area contributed by atoms with Crippen LogP contribution in [0.25, 0.3) is 0 Å². The van der Waals surface area contributed by atoms with Gasteiger partial charge in [-0.3, -0.25) is 4.79 Å². The van der Waals surface area contributed by atoms with Crippen LogP contribution < -0.4 is 10.1 Å². The van der Waals surface area contributed by atoms with Crippen molar-refractivity contribution in [2.75, 3.05) is 18.5 Å². The number of benzene rings is 3. The monoisotopic (exact) mass is 428 g/mol. The number of ether oxygens (including phenoxy) is 2. The summed E-state index contributed by atoms with van der Waals surface area (Å²) in [5.74, 6) is 0.985. The Morgan fingerprint density at radius 2 is 1.78 bits per heavy atom. The summed E-state index contributed by atoms with van der Waals surface area (Å²) >= 11 is 0. The highest BCUT2D eigenvalue weighted by Crippen LogP contribution is 2.45. The van der Waals surface area contributed by atoms with Crippen molar-refractivity contribution in [1.82, 2.24) is 0 Å². The normalized spacial score (nSPS) is 21.5. The van der Waals surface area contributed by atoms with E-state index in [1.807, 2.05) is 78.9 Å². The van der Waals surface area contributed by atoms with Gasteiger partial charge in [0.05, 0.1) is 6.61 Å². The molecule has 0 radical (unpaired) electrons. The van der Waals surface area contributed by atoms with E-state index in [0.717, 1.165) is 22.4 Å². The number of nitrogens with zero attached hydrogens (tertiary/aromatic N) is 1. The van der Waals surface area contributed by atoms with Crippen molar-refractivity contribution in [1.29, 1.82) is 0 Å². The Balaban J connectivity index is 1.51. The highest BCUT2D eigenvalue weighted by molar-refractivity contribution is 6.07. The largest absolute Gasteiger partial charge is 0.494 e. The lowest BCUT2D eigenvalue weighted by atomic mass is 9.79. The molecule has 1 amide bonds. The van der Waals surface area contributed by atoms with E-state index >= 15 is 0 Å². The Morgan fingerprint density at radius 1 is 1.03 bits per heavy atom. The molecule has 2 N–H and O–H groups in total. The van der Waals surface area contributed by atoms with E-state index in [2.05, 4.69) is 5.32 Å². The third-order valence-electron chi connectivity index (χ3n) is 5.86. The van der Waals surface area contributed by atoms with Crippen molar-refractivity contribution in [2.45, 2.75) is 24.5 Å². The quantitative estimate of drug-likeness (QED) is 0.584. The van der Waals surface area contributed by atoms with Gasteiger partial charge in [-0.1, -0.05) is 48.5 Å². The lowest BCUT2D eigenvalue weighted by Crippen LogP contribution is -2.49. The highest BCUT2D eigenvalue weighted by atomic mass is 16.5. The number of nitrogens with one attached hydrogen (secondary N) is 1. The average Bonchev–Trinajstić information content (AvgIpc) is 3.21. The molecule has 2 heterocycles. The number of amides is 1. The number of carbonyl (C=O) groups is 1. The van der Waals surface area contributed by atoms with Gasteiger partial charge in [0.1, 0.15) is 5.75 Å². The van der Waals surface area contributed by atoms with E-state index in [4.69, 9.17) is 19.6 Å². The molecule has 0 saturated carbocycles. The van der Waals surface area contributed by atoms with Crippen LogP contribution >= 0.6 is 0 Å². The molecular weight excluding hydrogens is 404 g/mol. The standard InChI is InChI=1S/C26H24N2O4/c29-15-6-16-31-21-13-11-19(12-14-21)24-28-26(23(32-24)18-7-2-1-3-8-18)17-20-9-4-5-10-22(20)27-25(26)30/h1-5,7-14,23,29H,6,15-17H2,(H,27,30)/t23-,26-/m0/s1. The predicted molar refractivity (Wildman–Crippen MR) is 122 cm³/mol. The lowest BCUT2D eigenvalue weighted by molar-refractivity contribution is -0.124. The number of rotatable bonds is 6. The van der Waals surface area contributed by atoms with Crippen LogP contribution in [0.5, 0.6) is 5.75 Å². The van der Waals surface area contributed by atoms with Crippen molar-refractivity contribution < 1.29 is 19.4 Å². The zero-order valence-electron chi connectivity index (χ0n) is 17.5. The first-order valence-electron chi connectivity index (χ1n) is 10.7. The highest BCUT2D eigenvalue weighted by Gasteiger charge is 2.55. The number of hydrogen-bond donors (Lipinski definition) is 2. The van der Waals surface area contributed by atoms with Crippen molar-refractivity contribution in [2.24, 2.45) is 4.99 Å². The first-order valence-corrected chi connectivity index (χ1v) is 10.7. The second kappa shape index (κ2) is 8.48. The van der Waals surface area contributed by atoms with E-state index in [1.165, 1.54) is 0 Å². The molecule has 0 saturated heterocycles. The Hall–Kier alpha value is -3.64. The van der Waals surface area contributed by atoms with E-state index in [1.54, 1.807) is 0 Å². The molecule has 2 aliphatic rings. The summed E-state index contributed by atoms with van der Waals surface area (Å²) in [5.41, 5.74) is 2.47. The van der Waals surface area contributed by atoms with Crippen LogP contribution in [0, 0.1) is 0 Å². The average molecular weight is 428 g/mol. The molecule has 3 aromatic rings. The molecule has 2 aliphatic heterocycles. The minimum atomic E-state index is -1.08. The van der Waals surface area contributed by atoms with Gasteiger partial charge in [-0.2, -0.15) is 0 Å². The molecule has 0 unspecified atom stereocenters. The predicted octanol–water partition coefficient (Wildman–Crippen LogP) is 3.90. The molecule has 162 valence electrons. The summed E-state index contributed by atoms with van der Waals surface area (Å²) < 4.78 is 12.0. The summed E-state index contributed by atoms with van der Waals surface area (Å²) in [6.07, 6.45) is 0.503. The Labute approximate surface area is 186 Å². The summed E-state index contributed by atoms with van der Waals surface area (Å²) in [7, 11) is 0. The molecule has 6 heteroatoms. The Morgan fingerprint density at radius 3 is 2.56 bits per heavy atom. The number of para-hydroxylation sites is 1. The molecule has 32 heavy (non-hydrogen) atoms. The number of aliphatic hydroxyl groups is 1. The number of aliphatic imine (C=N–C) groups is 1. The van der Waals surface area contributed by atoms with Crippen LogP contribution in [-0.2, 0) is 16.0 Å². The lowest BCUT2D eigenvalue weighted by Gasteiger charge is -2.34. The maximum Gasteiger partial charge on any atom is 0.257 e. The molecule has 6 nitrogen and oxygen atoms in total. The van der Waals surface area contributed by atoms with Crippen LogP contribution in [0.4, 0.5) is 5.69 Å². The number of fused-ring (bicyclic) bond motifs is 1. The van der Waals surface area contributed by atoms with Crippen LogP contribution in [-0.4, -0.2) is 35.7 Å². The second-order valence-electron chi connectivity index (χ2n) is 7.99. The van der Waals surface area contributed by atoms with Gasteiger partial charge < -0.3 is 19.9 Å². The van der Waals surface area contributed by atoms with Gasteiger partial charge in [0.25, 0.3) is 5.91 Å². The number of hydrogen-bond acceptors (Lipinski definition) is 5. The van der Waals surface area contributed by atoms with Gasteiger partial charge in [-0.15, -0.1) is 0 Å². The SMILES string of the molecule is O=C1Nc2ccccc2C[C@@]12N=C(c1ccc(OCCCO)cc1)O[C@H]2c1ccccc1. The number of carbonyl (C=O) groups excluding carboxylic acids is 1. The van der Waals surface area contributed by atoms with Crippen molar-refractivity contribution in [3.8, 4) is 5.75 Å². The first-order chi connectivity index (χ1) is 15.7. The topological polar surface area (TPSA) is 80.2 Å². The maximum atomic E-state index is 13.4. The summed E-state index contributed by atoms with van der Waals surface area (Å²) in [6, 6.07) is 25.0. The van der Waals surface area contributed by atoms with Crippen molar-refractivity contribution in [3.63, 3.8) is 0 Å². The van der Waals surface area contributed by atoms with Gasteiger partial charge in [0.15, 0.2) is 11.6 Å². The maximum absolute atomic E-state index is 13.4. The van der Waals surface area contributed by atoms with Gasteiger partial charge in [0, 0.05) is 30.7 Å². The molecule has 0 bridgehead atoms. The van der Waals surface area contributed by atoms with Gasteiger partial charge in [-0.25, -0.2) is 4.99 Å². The summed E-state index contributed by atoms with van der Waals surface area (Å²) in [4.78, 5) is 18.3. The molecule has 0 aromatic heterocycles. The van der Waals surface area contributed by atoms with Crippen molar-refractivity contribution in [3.05, 3.63) is 95.6 Å². The minimum Gasteiger partial charge on any atom is -0.494 e. The smallest absolute Gasteiger partial charge is 0.257 e. The third-order valence-corrected chi connectivity index (χ3v) is 5.86. The van der Waals surface area contributed by atoms with Crippen LogP contribution in [0.1, 0.15) is 29.2 Å². The van der Waals surface area contributed by atoms with Gasteiger partial charge >= 0.3 is 0 Å². The van der Waals surface area contributed by atoms with Gasteiger partial charge in [0.2, 0.25) is 5.90 Å². The number of anilines is 1. The molecule has 3 aromatic carbocycles. The van der Waals surface area contributed by atoms with Crippen molar-refractivity contribution >= 4 is 17.5 Å². The molecule has 5 rings (SSSR count). The summed E-state index contributed by atoms with van der Waals surface area (Å²) in [6.45, 7) is 0.545. The minimum absolute atomic E-state index is 0.0941. The zero-order chi connectivity index (χ0) is 22.0. The fourth-order valence-electron chi connectivity index (χ4n) is 4.23. The fraction of sp³-hybridized carbons (Fsp3) is 0.231. The van der Waals surface area contributed by atoms with E-state index in [9.17, 15) is 4.79 Å². The van der Waals surface area contributed by atoms with E-state index in [0.29, 0.717) is 31.1 Å². The fourth-order valence-corrected chi connectivity index (χ4v) is 4.23. The Bertz CT molecular complexity index is 1140. The second-order valence-corrected chi connectivity index (χ2v) is 7.99. The summed E-state index contributed by atoms with van der Waals surface area (Å²) in [5, 5.41) is 11.9. The molecule has 1 spiro atoms. The van der Waals surface area contributed by atoms with Crippen LogP contribution in [0.15, 0.2) is 83.9 Å². The number of aliphatic hydroxyl groups excluding tert-OH is 1.